The number of nitrogens with one attached hydrogen (secondary N) is 2. The number of rotatable bonds is 5. The van der Waals surface area contributed by atoms with E-state index in [2.05, 4.69) is 25.7 Å². The Kier molecular flexibility index (Phi) is 4.73. The first-order valence-corrected chi connectivity index (χ1v) is 7.99. The number of benzene rings is 1. The van der Waals surface area contributed by atoms with Gasteiger partial charge in [0.15, 0.2) is 11.5 Å². The number of para-hydroxylation sites is 1. The molecule has 9 heteroatoms. The number of hydrogen-bond acceptors (Lipinski definition) is 6. The Labute approximate surface area is 150 Å². The van der Waals surface area contributed by atoms with Crippen molar-refractivity contribution in [1.29, 1.82) is 0 Å². The van der Waals surface area contributed by atoms with E-state index >= 15 is 0 Å². The lowest BCUT2D eigenvalue weighted by Crippen LogP contribution is -2.44. The molecule has 0 bridgehead atoms. The lowest BCUT2D eigenvalue weighted by atomic mass is 9.77. The molecule has 132 valence electrons. The lowest BCUT2D eigenvalue weighted by Gasteiger charge is -2.34. The third-order valence-electron chi connectivity index (χ3n) is 4.47. The highest BCUT2D eigenvalue weighted by atomic mass is 35.5. The van der Waals surface area contributed by atoms with Gasteiger partial charge in [0, 0.05) is 18.4 Å². The summed E-state index contributed by atoms with van der Waals surface area (Å²) in [6.45, 7) is 0.388. The highest BCUT2D eigenvalue weighted by molar-refractivity contribution is 6.04. The molecule has 1 amide bonds. The second kappa shape index (κ2) is 6.81. The molecule has 0 aliphatic heterocycles. The van der Waals surface area contributed by atoms with Crippen molar-refractivity contribution < 1.29 is 9.32 Å². The van der Waals surface area contributed by atoms with Gasteiger partial charge in [-0.2, -0.15) is 10.1 Å². The van der Waals surface area contributed by atoms with E-state index in [9.17, 15) is 4.79 Å². The molecule has 8 nitrogen and oxygen atoms in total. The fourth-order valence-electron chi connectivity index (χ4n) is 2.84. The van der Waals surface area contributed by atoms with Gasteiger partial charge in [0.25, 0.3) is 5.91 Å². The lowest BCUT2D eigenvalue weighted by molar-refractivity contribution is 0.0950. The number of halogens is 1. The van der Waals surface area contributed by atoms with E-state index in [4.69, 9.17) is 10.3 Å². The van der Waals surface area contributed by atoms with Crippen LogP contribution in [0.15, 0.2) is 28.8 Å². The molecule has 3 aromatic rings. The second-order valence-electron chi connectivity index (χ2n) is 6.15. The van der Waals surface area contributed by atoms with Crippen LogP contribution >= 0.6 is 12.4 Å². The summed E-state index contributed by atoms with van der Waals surface area (Å²) in [4.78, 5) is 16.6. The number of aromatic nitrogens is 4. The molecular weight excluding hydrogens is 344 g/mol. The highest BCUT2D eigenvalue weighted by Crippen LogP contribution is 2.36. The third kappa shape index (κ3) is 3.22. The predicted molar refractivity (Wildman–Crippen MR) is 93.4 cm³/mol. The van der Waals surface area contributed by atoms with Crippen LogP contribution in [0.1, 0.15) is 41.5 Å². The van der Waals surface area contributed by atoms with Crippen LogP contribution in [-0.4, -0.2) is 32.8 Å². The first kappa shape index (κ1) is 17.4. The average Bonchev–Trinajstić information content (AvgIpc) is 3.19. The zero-order valence-corrected chi connectivity index (χ0v) is 14.3. The van der Waals surface area contributed by atoms with E-state index < -0.39 is 5.54 Å². The van der Waals surface area contributed by atoms with Gasteiger partial charge < -0.3 is 15.6 Å². The number of aromatic amines is 1. The molecule has 4 N–H and O–H groups in total. The minimum Gasteiger partial charge on any atom is -0.350 e. The molecule has 1 fully saturated rings. The van der Waals surface area contributed by atoms with E-state index in [0.717, 1.165) is 30.2 Å². The molecule has 4 rings (SSSR count). The summed E-state index contributed by atoms with van der Waals surface area (Å²) in [5.41, 5.74) is 6.95. The van der Waals surface area contributed by atoms with Crippen molar-refractivity contribution in [2.24, 2.45) is 5.73 Å². The van der Waals surface area contributed by atoms with Gasteiger partial charge in [-0.1, -0.05) is 23.4 Å². The fourth-order valence-corrected chi connectivity index (χ4v) is 2.84. The third-order valence-corrected chi connectivity index (χ3v) is 4.47. The van der Waals surface area contributed by atoms with Crippen LogP contribution in [0, 0.1) is 0 Å². The van der Waals surface area contributed by atoms with Gasteiger partial charge in [-0.25, -0.2) is 0 Å². The number of H-pyrrole nitrogens is 1. The first-order chi connectivity index (χ1) is 11.7. The molecule has 0 radical (unpaired) electrons. The Balaban J connectivity index is 0.00000182. The van der Waals surface area contributed by atoms with Gasteiger partial charge in [-0.05, 0) is 25.3 Å². The number of fused-ring (bicyclic) bond motifs is 1. The van der Waals surface area contributed by atoms with Crippen LogP contribution in [0.5, 0.6) is 0 Å². The van der Waals surface area contributed by atoms with Crippen LogP contribution in [0.25, 0.3) is 10.9 Å². The minimum absolute atomic E-state index is 0. The number of hydrogen-bond donors (Lipinski definition) is 3. The van der Waals surface area contributed by atoms with E-state index in [1.165, 1.54) is 0 Å². The van der Waals surface area contributed by atoms with Gasteiger partial charge in [0.05, 0.1) is 11.1 Å². The fraction of sp³-hybridized carbons (Fsp3) is 0.375. The van der Waals surface area contributed by atoms with E-state index in [1.54, 1.807) is 0 Å². The summed E-state index contributed by atoms with van der Waals surface area (Å²) in [6.07, 6.45) is 3.31. The molecule has 25 heavy (non-hydrogen) atoms. The predicted octanol–water partition coefficient (Wildman–Crippen LogP) is 1.68. The SMILES string of the molecule is Cl.NC1(c2noc(CCNC(=O)c3n[nH]c4ccccc34)n2)CCC1. The largest absolute Gasteiger partial charge is 0.350 e. The average molecular weight is 363 g/mol. The molecule has 1 saturated carbocycles. The van der Waals surface area contributed by atoms with Crippen molar-refractivity contribution in [3.8, 4) is 0 Å². The van der Waals surface area contributed by atoms with Crippen LogP contribution in [0.3, 0.4) is 0 Å². The maximum absolute atomic E-state index is 12.2. The smallest absolute Gasteiger partial charge is 0.272 e. The van der Waals surface area contributed by atoms with Gasteiger partial charge >= 0.3 is 0 Å². The molecule has 0 unspecified atom stereocenters. The van der Waals surface area contributed by atoms with Crippen LogP contribution in [0.2, 0.25) is 0 Å². The maximum Gasteiger partial charge on any atom is 0.272 e. The van der Waals surface area contributed by atoms with E-state index in [1.807, 2.05) is 24.3 Å². The molecule has 0 saturated heterocycles. The zero-order valence-electron chi connectivity index (χ0n) is 13.5. The highest BCUT2D eigenvalue weighted by Gasteiger charge is 2.38. The van der Waals surface area contributed by atoms with Crippen molar-refractivity contribution in [3.05, 3.63) is 41.7 Å². The Morgan fingerprint density at radius 3 is 2.92 bits per heavy atom. The molecule has 1 aromatic carbocycles. The van der Waals surface area contributed by atoms with Gasteiger partial charge in [-0.3, -0.25) is 9.89 Å². The summed E-state index contributed by atoms with van der Waals surface area (Å²) in [5.74, 6) is 0.809. The van der Waals surface area contributed by atoms with Crippen molar-refractivity contribution in [2.75, 3.05) is 6.54 Å². The number of amides is 1. The Hall–Kier alpha value is -2.45. The minimum atomic E-state index is -0.432. The number of nitrogens with two attached hydrogens (primary N) is 1. The van der Waals surface area contributed by atoms with Crippen molar-refractivity contribution >= 4 is 29.2 Å². The number of carbonyl (C=O) groups is 1. The summed E-state index contributed by atoms with van der Waals surface area (Å²) in [6, 6.07) is 7.50. The number of nitrogens with zero attached hydrogens (tertiary/aromatic N) is 3. The standard InChI is InChI=1S/C16H18N6O2.ClH/c17-16(7-3-8-16)15-19-12(24-22-15)6-9-18-14(23)13-10-4-1-2-5-11(10)20-21-13;/h1-2,4-5H,3,6-9,17H2,(H,18,23)(H,20,21);1H. The first-order valence-electron chi connectivity index (χ1n) is 7.99. The number of carbonyl (C=O) groups excluding carboxylic acids is 1. The quantitative estimate of drug-likeness (QED) is 0.634. The Morgan fingerprint density at radius 1 is 1.36 bits per heavy atom. The van der Waals surface area contributed by atoms with Crippen molar-refractivity contribution in [1.82, 2.24) is 25.7 Å². The van der Waals surface area contributed by atoms with E-state index in [0.29, 0.717) is 30.4 Å². The summed E-state index contributed by atoms with van der Waals surface area (Å²) in [7, 11) is 0. The molecular formula is C16H19ClN6O2. The van der Waals surface area contributed by atoms with Gasteiger partial charge in [0.2, 0.25) is 5.89 Å². The molecule has 2 aromatic heterocycles. The topological polar surface area (TPSA) is 123 Å². The normalized spacial score (nSPS) is 15.4. The molecule has 2 heterocycles. The van der Waals surface area contributed by atoms with Crippen molar-refractivity contribution in [3.63, 3.8) is 0 Å². The van der Waals surface area contributed by atoms with Crippen molar-refractivity contribution in [2.45, 2.75) is 31.2 Å². The van der Waals surface area contributed by atoms with Gasteiger partial charge in [-0.15, -0.1) is 12.4 Å². The van der Waals surface area contributed by atoms with Gasteiger partial charge in [0.1, 0.15) is 0 Å². The summed E-state index contributed by atoms with van der Waals surface area (Å²) < 4.78 is 5.22. The molecule has 0 spiro atoms. The molecule has 1 aliphatic rings. The monoisotopic (exact) mass is 362 g/mol. The van der Waals surface area contributed by atoms with Crippen LogP contribution in [0.4, 0.5) is 0 Å². The Morgan fingerprint density at radius 2 is 2.16 bits per heavy atom. The van der Waals surface area contributed by atoms with E-state index in [-0.39, 0.29) is 18.3 Å². The molecule has 1 aliphatic carbocycles. The Bertz CT molecular complexity index is 886. The maximum atomic E-state index is 12.2. The molecule has 0 atom stereocenters. The van der Waals surface area contributed by atoms with Crippen LogP contribution < -0.4 is 11.1 Å². The second-order valence-corrected chi connectivity index (χ2v) is 6.15. The summed E-state index contributed by atoms with van der Waals surface area (Å²) in [5, 5.41) is 14.5. The van der Waals surface area contributed by atoms with Crippen LogP contribution in [-0.2, 0) is 12.0 Å². The summed E-state index contributed by atoms with van der Waals surface area (Å²) >= 11 is 0. The zero-order chi connectivity index (χ0) is 16.6.